The molecule has 2 heteroatoms. The molecule has 0 aromatic heterocycles. The summed E-state index contributed by atoms with van der Waals surface area (Å²) in [6, 6.07) is 6.45. The molecule has 0 aliphatic heterocycles. The summed E-state index contributed by atoms with van der Waals surface area (Å²) >= 11 is 0. The van der Waals surface area contributed by atoms with Crippen molar-refractivity contribution in [3.05, 3.63) is 29.3 Å². The number of hydrogen-bond donors (Lipinski definition) is 0. The normalized spacial score (nSPS) is 24.1. The first kappa shape index (κ1) is 13.4. The van der Waals surface area contributed by atoms with E-state index in [0.717, 1.165) is 18.1 Å². The van der Waals surface area contributed by atoms with E-state index in [2.05, 4.69) is 32.0 Å². The number of ether oxygens (including phenoxy) is 2. The molecule has 0 saturated carbocycles. The van der Waals surface area contributed by atoms with Crippen LogP contribution in [0.4, 0.5) is 0 Å². The van der Waals surface area contributed by atoms with Crippen molar-refractivity contribution in [2.24, 2.45) is 5.92 Å². The van der Waals surface area contributed by atoms with E-state index in [1.54, 1.807) is 0 Å². The fourth-order valence-electron chi connectivity index (χ4n) is 2.71. The van der Waals surface area contributed by atoms with Gasteiger partial charge >= 0.3 is 0 Å². The highest BCUT2D eigenvalue weighted by molar-refractivity contribution is 5.41. The summed E-state index contributed by atoms with van der Waals surface area (Å²) < 4.78 is 11.4. The van der Waals surface area contributed by atoms with Gasteiger partial charge in [0.2, 0.25) is 0 Å². The predicted molar refractivity (Wildman–Crippen MR) is 74.0 cm³/mol. The fourth-order valence-corrected chi connectivity index (χ4v) is 2.71. The molecule has 3 atom stereocenters. The fraction of sp³-hybridized carbons (Fsp3) is 0.625. The molecule has 2 rings (SSSR count). The largest absolute Gasteiger partial charge is 0.465 e. The molecule has 0 saturated heterocycles. The molecule has 0 amide bonds. The van der Waals surface area contributed by atoms with Gasteiger partial charge in [0, 0.05) is 0 Å². The quantitative estimate of drug-likeness (QED) is 0.746. The smallest absolute Gasteiger partial charge is 0.197 e. The van der Waals surface area contributed by atoms with Gasteiger partial charge in [0.05, 0.1) is 6.10 Å². The molecule has 1 aliphatic carbocycles. The van der Waals surface area contributed by atoms with Crippen LogP contribution in [0.3, 0.4) is 0 Å². The first-order chi connectivity index (χ1) is 8.47. The third-order valence-electron chi connectivity index (χ3n) is 3.77. The maximum absolute atomic E-state index is 5.80. The molecule has 0 N–H and O–H groups in total. The van der Waals surface area contributed by atoms with Crippen LogP contribution in [0.2, 0.25) is 0 Å². The zero-order valence-corrected chi connectivity index (χ0v) is 12.1. The molecule has 1 aliphatic rings. The molecule has 0 bridgehead atoms. The Morgan fingerprint density at radius 1 is 1.17 bits per heavy atom. The Morgan fingerprint density at radius 3 is 2.56 bits per heavy atom. The van der Waals surface area contributed by atoms with Crippen LogP contribution in [0.1, 0.15) is 51.7 Å². The van der Waals surface area contributed by atoms with E-state index in [-0.39, 0.29) is 12.4 Å². The van der Waals surface area contributed by atoms with E-state index in [4.69, 9.17) is 9.47 Å². The number of hydrogen-bond acceptors (Lipinski definition) is 2. The summed E-state index contributed by atoms with van der Waals surface area (Å²) in [6.07, 6.45) is 1.15. The number of fused-ring (bicyclic) bond motifs is 1. The van der Waals surface area contributed by atoms with Gasteiger partial charge in [0.15, 0.2) is 6.29 Å². The van der Waals surface area contributed by atoms with Crippen LogP contribution in [-0.2, 0) is 11.2 Å². The van der Waals surface area contributed by atoms with E-state index in [0.29, 0.717) is 5.92 Å². The Hall–Kier alpha value is -1.02. The van der Waals surface area contributed by atoms with Gasteiger partial charge < -0.3 is 9.47 Å². The second-order valence-corrected chi connectivity index (χ2v) is 5.70. The summed E-state index contributed by atoms with van der Waals surface area (Å²) in [5, 5.41) is 0. The predicted octanol–water partition coefficient (Wildman–Crippen LogP) is 4.13. The van der Waals surface area contributed by atoms with Crippen molar-refractivity contribution in [1.29, 1.82) is 0 Å². The van der Waals surface area contributed by atoms with Crippen molar-refractivity contribution < 1.29 is 9.47 Å². The second-order valence-electron chi connectivity index (χ2n) is 5.70. The number of rotatable bonds is 4. The molecular weight excluding hydrogens is 224 g/mol. The average Bonchev–Trinajstić information content (AvgIpc) is 2.53. The molecule has 2 nitrogen and oxygen atoms in total. The van der Waals surface area contributed by atoms with Gasteiger partial charge in [0.25, 0.3) is 0 Å². The highest BCUT2D eigenvalue weighted by Gasteiger charge is 2.25. The lowest BCUT2D eigenvalue weighted by atomic mass is 9.97. The summed E-state index contributed by atoms with van der Waals surface area (Å²) in [4.78, 5) is 0. The second kappa shape index (κ2) is 5.31. The van der Waals surface area contributed by atoms with E-state index < -0.39 is 0 Å². The molecule has 1 aromatic rings. The zero-order valence-electron chi connectivity index (χ0n) is 12.1. The Kier molecular flexibility index (Phi) is 3.96. The van der Waals surface area contributed by atoms with Gasteiger partial charge in [-0.1, -0.05) is 19.9 Å². The Morgan fingerprint density at radius 2 is 1.89 bits per heavy atom. The minimum Gasteiger partial charge on any atom is -0.465 e. The number of benzene rings is 1. The summed E-state index contributed by atoms with van der Waals surface area (Å²) in [5.74, 6) is 2.32. The third kappa shape index (κ3) is 2.86. The zero-order chi connectivity index (χ0) is 13.3. The standard InChI is InChI=1S/C16H24O2/c1-10(2)17-13(5)18-15-6-7-16-12(4)11(3)8-14(16)9-15/h6-7,9-13H,8H2,1-5H3. The van der Waals surface area contributed by atoms with Crippen molar-refractivity contribution in [2.75, 3.05) is 0 Å². The van der Waals surface area contributed by atoms with Crippen LogP contribution >= 0.6 is 0 Å². The Labute approximate surface area is 110 Å². The van der Waals surface area contributed by atoms with Crippen molar-refractivity contribution in [3.63, 3.8) is 0 Å². The van der Waals surface area contributed by atoms with E-state index in [1.807, 2.05) is 20.8 Å². The van der Waals surface area contributed by atoms with E-state index >= 15 is 0 Å². The van der Waals surface area contributed by atoms with Crippen molar-refractivity contribution in [2.45, 2.75) is 59.4 Å². The Bertz CT molecular complexity index is 412. The van der Waals surface area contributed by atoms with Gasteiger partial charge in [-0.25, -0.2) is 0 Å². The van der Waals surface area contributed by atoms with Gasteiger partial charge in [-0.15, -0.1) is 0 Å². The molecule has 1 aromatic carbocycles. The lowest BCUT2D eigenvalue weighted by Gasteiger charge is -2.18. The highest BCUT2D eigenvalue weighted by atomic mass is 16.7. The molecular formula is C16H24O2. The van der Waals surface area contributed by atoms with Crippen LogP contribution in [0.5, 0.6) is 5.75 Å². The minimum atomic E-state index is -0.195. The minimum absolute atomic E-state index is 0.189. The van der Waals surface area contributed by atoms with Gasteiger partial charge in [-0.3, -0.25) is 0 Å². The van der Waals surface area contributed by atoms with Gasteiger partial charge in [0.1, 0.15) is 5.75 Å². The maximum atomic E-state index is 5.80. The lowest BCUT2D eigenvalue weighted by molar-refractivity contribution is -0.0950. The summed E-state index contributed by atoms with van der Waals surface area (Å²) in [5.41, 5.74) is 2.91. The van der Waals surface area contributed by atoms with Gasteiger partial charge in [-0.2, -0.15) is 0 Å². The topological polar surface area (TPSA) is 18.5 Å². The monoisotopic (exact) mass is 248 g/mol. The van der Waals surface area contributed by atoms with E-state index in [1.165, 1.54) is 11.1 Å². The van der Waals surface area contributed by atoms with Crippen molar-refractivity contribution >= 4 is 0 Å². The first-order valence-corrected chi connectivity index (χ1v) is 6.92. The van der Waals surface area contributed by atoms with Crippen LogP contribution < -0.4 is 4.74 Å². The molecule has 0 spiro atoms. The van der Waals surface area contributed by atoms with Crippen molar-refractivity contribution in [1.82, 2.24) is 0 Å². The molecule has 100 valence electrons. The molecule has 3 unspecified atom stereocenters. The maximum Gasteiger partial charge on any atom is 0.197 e. The molecule has 0 fully saturated rings. The van der Waals surface area contributed by atoms with Crippen molar-refractivity contribution in [3.8, 4) is 5.75 Å². The average molecular weight is 248 g/mol. The van der Waals surface area contributed by atoms with Crippen LogP contribution in [0.25, 0.3) is 0 Å². The lowest BCUT2D eigenvalue weighted by Crippen LogP contribution is -2.20. The molecule has 0 radical (unpaired) electrons. The van der Waals surface area contributed by atoms with Crippen LogP contribution in [0.15, 0.2) is 18.2 Å². The summed E-state index contributed by atoms with van der Waals surface area (Å²) in [7, 11) is 0. The summed E-state index contributed by atoms with van der Waals surface area (Å²) in [6.45, 7) is 10.6. The SMILES string of the molecule is CC(C)OC(C)Oc1ccc2c(c1)CC(C)C2C. The van der Waals surface area contributed by atoms with Crippen LogP contribution in [-0.4, -0.2) is 12.4 Å². The first-order valence-electron chi connectivity index (χ1n) is 6.92. The van der Waals surface area contributed by atoms with E-state index in [9.17, 15) is 0 Å². The Balaban J connectivity index is 2.07. The molecule has 18 heavy (non-hydrogen) atoms. The third-order valence-corrected chi connectivity index (χ3v) is 3.77. The van der Waals surface area contributed by atoms with Crippen LogP contribution in [0, 0.1) is 5.92 Å². The van der Waals surface area contributed by atoms with Gasteiger partial charge in [-0.05, 0) is 62.3 Å². The molecule has 0 heterocycles. The highest BCUT2D eigenvalue weighted by Crippen LogP contribution is 2.38.